The minimum absolute atomic E-state index is 0.0296. The molecule has 0 fully saturated rings. The van der Waals surface area contributed by atoms with Gasteiger partial charge in [-0.05, 0) is 24.6 Å². The van der Waals surface area contributed by atoms with Crippen molar-refractivity contribution < 1.29 is 24.9 Å². The van der Waals surface area contributed by atoms with Gasteiger partial charge in [0.1, 0.15) is 11.9 Å². The van der Waals surface area contributed by atoms with Crippen molar-refractivity contribution in [3.63, 3.8) is 0 Å². The number of aromatic hydroxyl groups is 1. The van der Waals surface area contributed by atoms with Crippen LogP contribution in [-0.4, -0.2) is 26.9 Å². The number of phenolic OH excluding ortho intramolecular Hbond substituents is 1. The first-order valence-corrected chi connectivity index (χ1v) is 6.05. The first-order chi connectivity index (χ1) is 8.94. The maximum Gasteiger partial charge on any atom is 0.334 e. The molecule has 1 aliphatic heterocycles. The summed E-state index contributed by atoms with van der Waals surface area (Å²) in [5, 5.41) is 30.4. The molecule has 0 saturated heterocycles. The van der Waals surface area contributed by atoms with Crippen LogP contribution in [0.1, 0.15) is 36.7 Å². The number of hydrogen-bond acceptors (Lipinski definition) is 5. The first kappa shape index (κ1) is 12.2. The van der Waals surface area contributed by atoms with E-state index in [4.69, 9.17) is 4.74 Å². The second-order valence-electron chi connectivity index (χ2n) is 5.07. The fraction of sp³-hybridized carbons (Fsp3) is 0.357. The Kier molecular flexibility index (Phi) is 2.45. The van der Waals surface area contributed by atoms with Gasteiger partial charge < -0.3 is 20.1 Å². The third kappa shape index (κ3) is 1.59. The van der Waals surface area contributed by atoms with Crippen LogP contribution in [-0.2, 0) is 9.53 Å². The maximum atomic E-state index is 11.5. The van der Waals surface area contributed by atoms with Crippen LogP contribution in [0.2, 0.25) is 0 Å². The SMILES string of the molecule is CC1=C[C@@]2(C[C@@H](O)c3c(O)cccc3[C@H]2O)OC1=O. The molecule has 3 atom stereocenters. The monoisotopic (exact) mass is 262 g/mol. The number of rotatable bonds is 0. The van der Waals surface area contributed by atoms with Gasteiger partial charge in [0.2, 0.25) is 0 Å². The summed E-state index contributed by atoms with van der Waals surface area (Å²) in [7, 11) is 0. The number of aliphatic hydroxyl groups excluding tert-OH is 2. The van der Waals surface area contributed by atoms with Gasteiger partial charge in [-0.1, -0.05) is 12.1 Å². The van der Waals surface area contributed by atoms with E-state index in [0.717, 1.165) is 0 Å². The van der Waals surface area contributed by atoms with Gasteiger partial charge in [0.15, 0.2) is 5.60 Å². The Bertz CT molecular complexity index is 591. The molecule has 2 aliphatic rings. The van der Waals surface area contributed by atoms with Crippen molar-refractivity contribution in [1.82, 2.24) is 0 Å². The fourth-order valence-corrected chi connectivity index (χ4v) is 2.89. The zero-order valence-electron chi connectivity index (χ0n) is 10.3. The second kappa shape index (κ2) is 3.82. The van der Waals surface area contributed by atoms with Gasteiger partial charge in [-0.15, -0.1) is 0 Å². The summed E-state index contributed by atoms with van der Waals surface area (Å²) in [6.45, 7) is 1.61. The van der Waals surface area contributed by atoms with Crippen LogP contribution in [0, 0.1) is 0 Å². The normalized spacial score (nSPS) is 33.0. The third-order valence-electron chi connectivity index (χ3n) is 3.79. The molecule has 1 aliphatic carbocycles. The lowest BCUT2D eigenvalue weighted by Crippen LogP contribution is -2.41. The van der Waals surface area contributed by atoms with E-state index in [0.29, 0.717) is 16.7 Å². The number of benzene rings is 1. The smallest absolute Gasteiger partial charge is 0.334 e. The molecule has 3 rings (SSSR count). The molecular formula is C14H14O5. The second-order valence-corrected chi connectivity index (χ2v) is 5.07. The van der Waals surface area contributed by atoms with E-state index < -0.39 is 23.8 Å². The molecular weight excluding hydrogens is 248 g/mol. The standard InChI is InChI=1S/C14H14O5/c1-7-5-14(19-13(7)18)6-10(16)11-8(12(14)17)3-2-4-9(11)15/h2-5,10,12,15-17H,6H2,1H3/t10-,12-,14+/m1/s1. The summed E-state index contributed by atoms with van der Waals surface area (Å²) in [5.74, 6) is -0.557. The molecule has 19 heavy (non-hydrogen) atoms. The number of fused-ring (bicyclic) bond motifs is 1. The lowest BCUT2D eigenvalue weighted by Gasteiger charge is -2.39. The number of hydrogen-bond donors (Lipinski definition) is 3. The number of esters is 1. The van der Waals surface area contributed by atoms with E-state index in [-0.39, 0.29) is 12.2 Å². The molecule has 0 aromatic heterocycles. The molecule has 1 aromatic rings. The van der Waals surface area contributed by atoms with Gasteiger partial charge >= 0.3 is 5.97 Å². The highest BCUT2D eigenvalue weighted by Crippen LogP contribution is 2.50. The molecule has 100 valence electrons. The van der Waals surface area contributed by atoms with E-state index in [1.165, 1.54) is 6.07 Å². The largest absolute Gasteiger partial charge is 0.508 e. The van der Waals surface area contributed by atoms with Gasteiger partial charge in [-0.25, -0.2) is 4.79 Å². The molecule has 0 radical (unpaired) electrons. The minimum atomic E-state index is -1.23. The third-order valence-corrected chi connectivity index (χ3v) is 3.79. The lowest BCUT2D eigenvalue weighted by molar-refractivity contribution is -0.162. The number of carbonyl (C=O) groups excluding carboxylic acids is 1. The highest BCUT2D eigenvalue weighted by Gasteiger charge is 2.51. The molecule has 0 bridgehead atoms. The topological polar surface area (TPSA) is 87.0 Å². The summed E-state index contributed by atoms with van der Waals surface area (Å²) >= 11 is 0. The molecule has 1 heterocycles. The predicted molar refractivity (Wildman–Crippen MR) is 65.2 cm³/mol. The van der Waals surface area contributed by atoms with Gasteiger partial charge in [0.05, 0.1) is 6.10 Å². The maximum absolute atomic E-state index is 11.5. The molecule has 1 spiro atoms. The van der Waals surface area contributed by atoms with E-state index in [1.54, 1.807) is 25.1 Å². The Morgan fingerprint density at radius 3 is 2.74 bits per heavy atom. The van der Waals surface area contributed by atoms with Crippen molar-refractivity contribution in [3.8, 4) is 5.75 Å². The molecule has 0 amide bonds. The molecule has 0 unspecified atom stereocenters. The van der Waals surface area contributed by atoms with E-state index in [1.807, 2.05) is 0 Å². The van der Waals surface area contributed by atoms with E-state index in [9.17, 15) is 20.1 Å². The van der Waals surface area contributed by atoms with E-state index in [2.05, 4.69) is 0 Å². The van der Waals surface area contributed by atoms with Crippen molar-refractivity contribution >= 4 is 5.97 Å². The molecule has 0 saturated carbocycles. The van der Waals surface area contributed by atoms with Crippen LogP contribution in [0.4, 0.5) is 0 Å². The Labute approximate surface area is 109 Å². The number of ether oxygens (including phenoxy) is 1. The summed E-state index contributed by atoms with van der Waals surface area (Å²) < 4.78 is 5.26. The Morgan fingerprint density at radius 1 is 1.37 bits per heavy atom. The van der Waals surface area contributed by atoms with Gasteiger partial charge in [-0.2, -0.15) is 0 Å². The Hall–Kier alpha value is -1.85. The Morgan fingerprint density at radius 2 is 2.11 bits per heavy atom. The lowest BCUT2D eigenvalue weighted by atomic mass is 9.76. The summed E-state index contributed by atoms with van der Waals surface area (Å²) in [4.78, 5) is 11.5. The average Bonchev–Trinajstić information content (AvgIpc) is 2.62. The molecule has 3 N–H and O–H groups in total. The summed E-state index contributed by atoms with van der Waals surface area (Å²) in [6.07, 6.45) is -0.508. The highest BCUT2D eigenvalue weighted by atomic mass is 16.6. The zero-order chi connectivity index (χ0) is 13.8. The first-order valence-electron chi connectivity index (χ1n) is 6.05. The van der Waals surface area contributed by atoms with Crippen LogP contribution >= 0.6 is 0 Å². The van der Waals surface area contributed by atoms with Gasteiger partial charge in [0, 0.05) is 17.6 Å². The predicted octanol–water partition coefficient (Wildman–Crippen LogP) is 1.10. The summed E-state index contributed by atoms with van der Waals surface area (Å²) in [5.41, 5.74) is -0.136. The number of carbonyl (C=O) groups is 1. The van der Waals surface area contributed by atoms with Crippen molar-refractivity contribution in [3.05, 3.63) is 41.0 Å². The molecule has 5 nitrogen and oxygen atoms in total. The van der Waals surface area contributed by atoms with Crippen LogP contribution in [0.3, 0.4) is 0 Å². The van der Waals surface area contributed by atoms with Crippen molar-refractivity contribution in [2.24, 2.45) is 0 Å². The van der Waals surface area contributed by atoms with Crippen LogP contribution in [0.25, 0.3) is 0 Å². The van der Waals surface area contributed by atoms with Crippen molar-refractivity contribution in [1.29, 1.82) is 0 Å². The highest BCUT2D eigenvalue weighted by molar-refractivity contribution is 5.91. The van der Waals surface area contributed by atoms with Crippen LogP contribution in [0.15, 0.2) is 29.8 Å². The quantitative estimate of drug-likeness (QED) is 0.609. The number of phenols is 1. The minimum Gasteiger partial charge on any atom is -0.508 e. The van der Waals surface area contributed by atoms with Gasteiger partial charge in [0.25, 0.3) is 0 Å². The van der Waals surface area contributed by atoms with E-state index >= 15 is 0 Å². The zero-order valence-corrected chi connectivity index (χ0v) is 10.3. The van der Waals surface area contributed by atoms with Crippen LogP contribution < -0.4 is 0 Å². The van der Waals surface area contributed by atoms with Gasteiger partial charge in [-0.3, -0.25) is 0 Å². The Balaban J connectivity index is 2.14. The fourth-order valence-electron chi connectivity index (χ4n) is 2.89. The molecule has 5 heteroatoms. The van der Waals surface area contributed by atoms with Crippen LogP contribution in [0.5, 0.6) is 5.75 Å². The van der Waals surface area contributed by atoms with Crippen molar-refractivity contribution in [2.45, 2.75) is 31.2 Å². The average molecular weight is 262 g/mol. The van der Waals surface area contributed by atoms with Crippen molar-refractivity contribution in [2.75, 3.05) is 0 Å². The number of aliphatic hydroxyl groups is 2. The summed E-state index contributed by atoms with van der Waals surface area (Å²) in [6, 6.07) is 4.64. The molecule has 1 aromatic carbocycles.